The van der Waals surface area contributed by atoms with Gasteiger partial charge in [-0.1, -0.05) is 6.07 Å². The van der Waals surface area contributed by atoms with Crippen LogP contribution in [0.4, 0.5) is 4.39 Å². The lowest BCUT2D eigenvalue weighted by molar-refractivity contribution is -0.132. The van der Waals surface area contributed by atoms with E-state index in [-0.39, 0.29) is 17.5 Å². The zero-order chi connectivity index (χ0) is 17.1. The first-order valence-corrected chi connectivity index (χ1v) is 8.92. The summed E-state index contributed by atoms with van der Waals surface area (Å²) in [6.07, 6.45) is 5.64. The number of likely N-dealkylation sites (N-methyl/N-ethyl adjacent to an activating group) is 1. The molecule has 0 aliphatic carbocycles. The molecule has 2 atom stereocenters. The van der Waals surface area contributed by atoms with E-state index in [4.69, 9.17) is 4.74 Å². The summed E-state index contributed by atoms with van der Waals surface area (Å²) >= 11 is 0. The number of halogens is 1. The highest BCUT2D eigenvalue weighted by Gasteiger charge is 2.37. The lowest BCUT2D eigenvalue weighted by Gasteiger charge is -2.33. The number of hydrogen-bond donors (Lipinski definition) is 0. The number of benzene rings is 1. The maximum atomic E-state index is 13.8. The highest BCUT2D eigenvalue weighted by atomic mass is 19.1. The zero-order valence-electron chi connectivity index (χ0n) is 14.6. The molecule has 2 fully saturated rings. The minimum atomic E-state index is -0.367. The van der Waals surface area contributed by atoms with Crippen LogP contribution < -0.4 is 4.74 Å². The number of methoxy groups -OCH3 is 1. The molecule has 0 spiro atoms. The number of nitrogens with zero attached hydrogens (tertiary/aromatic N) is 2. The second kappa shape index (κ2) is 7.51. The van der Waals surface area contributed by atoms with Crippen molar-refractivity contribution in [3.8, 4) is 5.75 Å². The van der Waals surface area contributed by atoms with Crippen molar-refractivity contribution in [2.75, 3.05) is 27.2 Å². The van der Waals surface area contributed by atoms with Crippen molar-refractivity contribution >= 4 is 5.91 Å². The van der Waals surface area contributed by atoms with E-state index in [2.05, 4.69) is 16.8 Å². The Labute approximate surface area is 143 Å². The number of amides is 1. The number of aryl methyl sites for hydroxylation is 1. The van der Waals surface area contributed by atoms with Crippen molar-refractivity contribution in [2.45, 2.75) is 50.6 Å². The number of carbonyl (C=O) groups excluding carboxylic acids is 1. The molecule has 0 saturated carbocycles. The molecule has 2 aliphatic rings. The van der Waals surface area contributed by atoms with Crippen LogP contribution in [0.15, 0.2) is 18.2 Å². The number of hydrogen-bond acceptors (Lipinski definition) is 3. The first-order valence-electron chi connectivity index (χ1n) is 8.92. The third-order valence-electron chi connectivity index (χ3n) is 5.48. The quantitative estimate of drug-likeness (QED) is 0.830. The van der Waals surface area contributed by atoms with Crippen LogP contribution in [0.2, 0.25) is 0 Å². The molecule has 132 valence electrons. The molecule has 2 aliphatic heterocycles. The molecule has 2 heterocycles. The van der Waals surface area contributed by atoms with Gasteiger partial charge in [0.25, 0.3) is 0 Å². The lowest BCUT2D eigenvalue weighted by atomic mass is 10.0. The molecular weight excluding hydrogens is 307 g/mol. The van der Waals surface area contributed by atoms with Crippen molar-refractivity contribution in [2.24, 2.45) is 0 Å². The summed E-state index contributed by atoms with van der Waals surface area (Å²) in [7, 11) is 3.62. The maximum Gasteiger partial charge on any atom is 0.223 e. The molecule has 1 aromatic rings. The van der Waals surface area contributed by atoms with Gasteiger partial charge >= 0.3 is 0 Å². The van der Waals surface area contributed by atoms with Crippen LogP contribution in [0, 0.1) is 5.82 Å². The van der Waals surface area contributed by atoms with Gasteiger partial charge in [0.1, 0.15) is 0 Å². The first-order chi connectivity index (χ1) is 11.6. The molecule has 0 bridgehead atoms. The number of ether oxygens (including phenoxy) is 1. The summed E-state index contributed by atoms with van der Waals surface area (Å²) in [4.78, 5) is 17.2. The summed E-state index contributed by atoms with van der Waals surface area (Å²) in [6, 6.07) is 5.80. The Bertz CT molecular complexity index is 593. The van der Waals surface area contributed by atoms with Crippen molar-refractivity contribution in [3.05, 3.63) is 29.6 Å². The summed E-state index contributed by atoms with van der Waals surface area (Å²) in [5.41, 5.74) is 0.843. The van der Waals surface area contributed by atoms with Crippen molar-refractivity contribution in [1.82, 2.24) is 9.80 Å². The van der Waals surface area contributed by atoms with Crippen LogP contribution in [-0.2, 0) is 11.2 Å². The van der Waals surface area contributed by atoms with Gasteiger partial charge in [0.2, 0.25) is 5.91 Å². The fourth-order valence-corrected chi connectivity index (χ4v) is 4.18. The van der Waals surface area contributed by atoms with E-state index >= 15 is 0 Å². The van der Waals surface area contributed by atoms with E-state index in [9.17, 15) is 9.18 Å². The smallest absolute Gasteiger partial charge is 0.223 e. The normalized spacial score (nSPS) is 24.5. The van der Waals surface area contributed by atoms with Gasteiger partial charge in [-0.15, -0.1) is 0 Å². The Balaban J connectivity index is 1.59. The van der Waals surface area contributed by atoms with Gasteiger partial charge in [-0.3, -0.25) is 4.79 Å². The second-order valence-electron chi connectivity index (χ2n) is 6.96. The van der Waals surface area contributed by atoms with E-state index in [1.807, 2.05) is 6.07 Å². The molecule has 0 aromatic heterocycles. The standard InChI is InChI=1S/C19H27FN2O2/c1-21-11-3-5-16(21)17-6-4-12-22(17)19(23)10-8-14-7-9-18(24-2)15(20)13-14/h7,9,13,16-17H,3-6,8,10-12H2,1-2H3. The minimum Gasteiger partial charge on any atom is -0.494 e. The van der Waals surface area contributed by atoms with Crippen LogP contribution >= 0.6 is 0 Å². The van der Waals surface area contributed by atoms with Gasteiger partial charge in [0.05, 0.1) is 7.11 Å². The predicted molar refractivity (Wildman–Crippen MR) is 91.7 cm³/mol. The van der Waals surface area contributed by atoms with Crippen LogP contribution in [-0.4, -0.2) is 55.0 Å². The molecule has 0 N–H and O–H groups in total. The summed E-state index contributed by atoms with van der Waals surface area (Å²) in [6.45, 7) is 2.00. The van der Waals surface area contributed by atoms with Gasteiger partial charge in [-0.05, 0) is 63.4 Å². The van der Waals surface area contributed by atoms with Gasteiger partial charge in [-0.25, -0.2) is 4.39 Å². The highest BCUT2D eigenvalue weighted by molar-refractivity contribution is 5.77. The van der Waals surface area contributed by atoms with Crippen molar-refractivity contribution < 1.29 is 13.9 Å². The number of likely N-dealkylation sites (tertiary alicyclic amines) is 2. The largest absolute Gasteiger partial charge is 0.494 e. The fourth-order valence-electron chi connectivity index (χ4n) is 4.18. The van der Waals surface area contributed by atoms with Crippen molar-refractivity contribution in [3.63, 3.8) is 0 Å². The Kier molecular flexibility index (Phi) is 5.39. The average Bonchev–Trinajstić information content (AvgIpc) is 3.21. The highest BCUT2D eigenvalue weighted by Crippen LogP contribution is 2.29. The molecule has 3 rings (SSSR count). The monoisotopic (exact) mass is 334 g/mol. The Morgan fingerprint density at radius 2 is 2.00 bits per heavy atom. The first kappa shape index (κ1) is 17.2. The molecule has 24 heavy (non-hydrogen) atoms. The zero-order valence-corrected chi connectivity index (χ0v) is 14.6. The van der Waals surface area contributed by atoms with E-state index in [0.717, 1.165) is 31.5 Å². The lowest BCUT2D eigenvalue weighted by Crippen LogP contribution is -2.47. The third-order valence-corrected chi connectivity index (χ3v) is 5.48. The molecule has 4 nitrogen and oxygen atoms in total. The van der Waals surface area contributed by atoms with Gasteiger partial charge in [0.15, 0.2) is 11.6 Å². The molecule has 2 unspecified atom stereocenters. The van der Waals surface area contributed by atoms with E-state index in [0.29, 0.717) is 24.9 Å². The fraction of sp³-hybridized carbons (Fsp3) is 0.632. The van der Waals surface area contributed by atoms with Crippen LogP contribution in [0.25, 0.3) is 0 Å². The molecule has 1 aromatic carbocycles. The minimum absolute atomic E-state index is 0.203. The summed E-state index contributed by atoms with van der Waals surface area (Å²) in [5, 5.41) is 0. The molecule has 1 amide bonds. The van der Waals surface area contributed by atoms with E-state index in [1.54, 1.807) is 6.07 Å². The van der Waals surface area contributed by atoms with Crippen LogP contribution in [0.3, 0.4) is 0 Å². The van der Waals surface area contributed by atoms with Crippen LogP contribution in [0.5, 0.6) is 5.75 Å². The Morgan fingerprint density at radius 3 is 2.67 bits per heavy atom. The molecular formula is C19H27FN2O2. The number of carbonyl (C=O) groups is 1. The van der Waals surface area contributed by atoms with Gasteiger partial charge < -0.3 is 14.5 Å². The van der Waals surface area contributed by atoms with E-state index in [1.165, 1.54) is 26.0 Å². The van der Waals surface area contributed by atoms with Crippen molar-refractivity contribution in [1.29, 1.82) is 0 Å². The number of rotatable bonds is 5. The van der Waals surface area contributed by atoms with Gasteiger partial charge in [0, 0.05) is 25.0 Å². The van der Waals surface area contributed by atoms with Gasteiger partial charge in [-0.2, -0.15) is 0 Å². The topological polar surface area (TPSA) is 32.8 Å². The van der Waals surface area contributed by atoms with E-state index < -0.39 is 0 Å². The second-order valence-corrected chi connectivity index (χ2v) is 6.96. The predicted octanol–water partition coefficient (Wildman–Crippen LogP) is 2.85. The SMILES string of the molecule is COc1ccc(CCC(=O)N2CCCC2C2CCCN2C)cc1F. The Morgan fingerprint density at radius 1 is 1.25 bits per heavy atom. The van der Waals surface area contributed by atoms with Crippen LogP contribution in [0.1, 0.15) is 37.7 Å². The summed E-state index contributed by atoms with van der Waals surface area (Å²) < 4.78 is 18.7. The Hall–Kier alpha value is -1.62. The molecule has 0 radical (unpaired) electrons. The average molecular weight is 334 g/mol. The molecule has 2 saturated heterocycles. The maximum absolute atomic E-state index is 13.8. The molecule has 5 heteroatoms. The third kappa shape index (κ3) is 3.56. The summed E-state index contributed by atoms with van der Waals surface area (Å²) in [5.74, 6) is 0.0806.